The highest BCUT2D eigenvalue weighted by molar-refractivity contribution is 5.93. The van der Waals surface area contributed by atoms with Gasteiger partial charge in [-0.15, -0.1) is 0 Å². The van der Waals surface area contributed by atoms with Crippen LogP contribution in [0.5, 0.6) is 0 Å². The lowest BCUT2D eigenvalue weighted by Crippen LogP contribution is -2.52. The lowest BCUT2D eigenvalue weighted by molar-refractivity contribution is -0.127. The first-order chi connectivity index (χ1) is 17.0. The number of pyridine rings is 1. The van der Waals surface area contributed by atoms with Crippen LogP contribution in [-0.4, -0.2) is 32.9 Å². The van der Waals surface area contributed by atoms with E-state index < -0.39 is 5.41 Å². The third kappa shape index (κ3) is 2.83. The predicted octanol–water partition coefficient (Wildman–Crippen LogP) is 5.30. The lowest BCUT2D eigenvalue weighted by atomic mass is 9.56. The first-order valence-corrected chi connectivity index (χ1v) is 12.2. The molecule has 2 aromatic heterocycles. The molecule has 3 aliphatic rings. The minimum atomic E-state index is -0.438. The van der Waals surface area contributed by atoms with Crippen LogP contribution in [0.15, 0.2) is 60.8 Å². The second kappa shape index (κ2) is 7.25. The van der Waals surface area contributed by atoms with E-state index in [4.69, 9.17) is 14.7 Å². The summed E-state index contributed by atoms with van der Waals surface area (Å²) in [5.41, 5.74) is 4.23. The van der Waals surface area contributed by atoms with Gasteiger partial charge in [0.25, 0.3) is 0 Å². The van der Waals surface area contributed by atoms with Gasteiger partial charge in [-0.1, -0.05) is 44.2 Å². The molecule has 4 aromatic rings. The number of ketones is 1. The van der Waals surface area contributed by atoms with Gasteiger partial charge in [0.1, 0.15) is 18.0 Å². The standard InChI is InChI=1S/C29H24FN3O2/c1-15-20-12-11-19-23(18-8-3-5-9-21(18)30)32-28(17-13-14-31-22-10-6-4-7-16(17)22)33-26(19)29(20,2)27-25(35-27)24(15)34/h3-10,13-15,20,25,27H,11-12H2,1-2H3/t15-,20-,25-,27-,29-/m1/s1. The Bertz CT molecular complexity index is 1530. The summed E-state index contributed by atoms with van der Waals surface area (Å²) in [6.45, 7) is 4.19. The quantitative estimate of drug-likeness (QED) is 0.376. The Morgan fingerprint density at radius 1 is 1.03 bits per heavy atom. The zero-order valence-corrected chi connectivity index (χ0v) is 19.5. The van der Waals surface area contributed by atoms with Crippen LogP contribution in [0.25, 0.3) is 33.5 Å². The van der Waals surface area contributed by atoms with E-state index >= 15 is 4.39 Å². The number of epoxide rings is 1. The average molecular weight is 466 g/mol. The molecule has 0 amide bonds. The second-order valence-corrected chi connectivity index (χ2v) is 10.2. The zero-order chi connectivity index (χ0) is 23.9. The smallest absolute Gasteiger partial charge is 0.167 e. The van der Waals surface area contributed by atoms with E-state index in [1.807, 2.05) is 43.3 Å². The monoisotopic (exact) mass is 465 g/mol. The molecule has 0 spiro atoms. The fourth-order valence-corrected chi connectivity index (χ4v) is 6.59. The Morgan fingerprint density at radius 3 is 2.69 bits per heavy atom. The Hall–Kier alpha value is -3.51. The number of carbonyl (C=O) groups excluding carboxylic acids is 1. The van der Waals surface area contributed by atoms with Crippen LogP contribution < -0.4 is 0 Å². The first-order valence-electron chi connectivity index (χ1n) is 12.2. The van der Waals surface area contributed by atoms with Crippen molar-refractivity contribution in [3.8, 4) is 22.6 Å². The molecule has 2 fully saturated rings. The van der Waals surface area contributed by atoms with Crippen LogP contribution in [0.4, 0.5) is 4.39 Å². The third-order valence-corrected chi connectivity index (χ3v) is 8.43. The van der Waals surface area contributed by atoms with Crippen molar-refractivity contribution >= 4 is 16.7 Å². The van der Waals surface area contributed by atoms with E-state index in [2.05, 4.69) is 11.9 Å². The van der Waals surface area contributed by atoms with Gasteiger partial charge in [-0.3, -0.25) is 9.78 Å². The number of rotatable bonds is 2. The number of aromatic nitrogens is 3. The van der Waals surface area contributed by atoms with Crippen molar-refractivity contribution < 1.29 is 13.9 Å². The van der Waals surface area contributed by atoms with Gasteiger partial charge in [-0.25, -0.2) is 14.4 Å². The Morgan fingerprint density at radius 2 is 1.83 bits per heavy atom. The van der Waals surface area contributed by atoms with E-state index in [0.29, 0.717) is 23.5 Å². The molecule has 0 radical (unpaired) electrons. The normalized spacial score (nSPS) is 28.8. The summed E-state index contributed by atoms with van der Waals surface area (Å²) >= 11 is 0. The van der Waals surface area contributed by atoms with Crippen molar-refractivity contribution in [2.75, 3.05) is 0 Å². The van der Waals surface area contributed by atoms with Gasteiger partial charge >= 0.3 is 0 Å². The summed E-state index contributed by atoms with van der Waals surface area (Å²) in [6.07, 6.45) is 2.72. The number of carbonyl (C=O) groups is 1. The number of hydrogen-bond acceptors (Lipinski definition) is 5. The fourth-order valence-electron chi connectivity index (χ4n) is 6.59. The summed E-state index contributed by atoms with van der Waals surface area (Å²) < 4.78 is 21.1. The molecule has 1 saturated carbocycles. The molecular weight excluding hydrogens is 441 g/mol. The highest BCUT2D eigenvalue weighted by atomic mass is 19.1. The molecule has 7 rings (SSSR count). The van der Waals surface area contributed by atoms with Gasteiger partial charge in [0.15, 0.2) is 11.6 Å². The topological polar surface area (TPSA) is 68.3 Å². The van der Waals surface area contributed by atoms with Gasteiger partial charge in [0.05, 0.1) is 16.9 Å². The fraction of sp³-hybridized carbons (Fsp3) is 0.310. The van der Waals surface area contributed by atoms with Gasteiger partial charge in [0.2, 0.25) is 0 Å². The summed E-state index contributed by atoms with van der Waals surface area (Å²) in [6, 6.07) is 16.6. The van der Waals surface area contributed by atoms with Gasteiger partial charge in [-0.2, -0.15) is 0 Å². The van der Waals surface area contributed by atoms with Crippen molar-refractivity contribution in [2.45, 2.75) is 44.3 Å². The summed E-state index contributed by atoms with van der Waals surface area (Å²) in [7, 11) is 0. The maximum absolute atomic E-state index is 15.1. The van der Waals surface area contributed by atoms with Crippen molar-refractivity contribution in [2.24, 2.45) is 11.8 Å². The number of Topliss-reactive ketones (excluding diaryl/α,β-unsaturated/α-hetero) is 1. The molecule has 5 atom stereocenters. The highest BCUT2D eigenvalue weighted by Crippen LogP contribution is 2.58. The number of benzene rings is 2. The van der Waals surface area contributed by atoms with Gasteiger partial charge in [-0.05, 0) is 43.0 Å². The van der Waals surface area contributed by atoms with E-state index in [9.17, 15) is 4.79 Å². The van der Waals surface area contributed by atoms with Gasteiger partial charge < -0.3 is 4.74 Å². The second-order valence-electron chi connectivity index (χ2n) is 10.2. The van der Waals surface area contributed by atoms with E-state index in [0.717, 1.165) is 34.1 Å². The number of fused-ring (bicyclic) bond motifs is 6. The number of halogens is 1. The van der Waals surface area contributed by atoms with Crippen molar-refractivity contribution in [3.63, 3.8) is 0 Å². The zero-order valence-electron chi connectivity index (χ0n) is 19.5. The highest BCUT2D eigenvalue weighted by Gasteiger charge is 2.67. The van der Waals surface area contributed by atoms with Crippen molar-refractivity contribution in [1.82, 2.24) is 15.0 Å². The predicted molar refractivity (Wildman–Crippen MR) is 130 cm³/mol. The summed E-state index contributed by atoms with van der Waals surface area (Å²) in [4.78, 5) is 27.5. The van der Waals surface area contributed by atoms with E-state index in [1.54, 1.807) is 18.3 Å². The molecule has 174 valence electrons. The van der Waals surface area contributed by atoms with E-state index in [-0.39, 0.29) is 35.6 Å². The third-order valence-electron chi connectivity index (χ3n) is 8.43. The molecule has 1 aliphatic heterocycles. The number of ether oxygens (including phenoxy) is 1. The molecule has 35 heavy (non-hydrogen) atoms. The number of nitrogens with zero attached hydrogens (tertiary/aromatic N) is 3. The average Bonchev–Trinajstić information content (AvgIpc) is 3.69. The molecule has 0 bridgehead atoms. The Labute approximate surface area is 202 Å². The van der Waals surface area contributed by atoms with Crippen LogP contribution >= 0.6 is 0 Å². The number of para-hydroxylation sites is 1. The van der Waals surface area contributed by atoms with Crippen molar-refractivity contribution in [3.05, 3.63) is 77.9 Å². The Balaban J connectivity index is 1.53. The molecular formula is C29H24FN3O2. The SMILES string of the molecule is C[C@H]1C(=O)[C@H]2O[C@H]2[C@@]2(C)c3nc(-c4ccnc5ccccc45)nc(-c4ccccc4F)c3CC[C@H]12. The summed E-state index contributed by atoms with van der Waals surface area (Å²) in [5, 5.41) is 0.944. The molecule has 0 unspecified atom stereocenters. The number of hydrogen-bond donors (Lipinski definition) is 0. The molecule has 2 aliphatic carbocycles. The van der Waals surface area contributed by atoms with Crippen LogP contribution in [0.1, 0.15) is 31.5 Å². The molecule has 3 heterocycles. The largest absolute Gasteiger partial charge is 0.360 e. The molecule has 2 aromatic carbocycles. The minimum absolute atomic E-state index is 0.103. The summed E-state index contributed by atoms with van der Waals surface area (Å²) in [5.74, 6) is 0.457. The molecule has 6 heteroatoms. The van der Waals surface area contributed by atoms with Crippen LogP contribution in [0.3, 0.4) is 0 Å². The maximum atomic E-state index is 15.1. The first kappa shape index (κ1) is 20.8. The lowest BCUT2D eigenvalue weighted by Gasteiger charge is -2.46. The minimum Gasteiger partial charge on any atom is -0.360 e. The maximum Gasteiger partial charge on any atom is 0.167 e. The molecule has 0 N–H and O–H groups in total. The Kier molecular flexibility index (Phi) is 4.31. The van der Waals surface area contributed by atoms with Crippen LogP contribution in [0.2, 0.25) is 0 Å². The van der Waals surface area contributed by atoms with Crippen LogP contribution in [0, 0.1) is 17.7 Å². The molecule has 1 saturated heterocycles. The molecule has 5 nitrogen and oxygen atoms in total. The van der Waals surface area contributed by atoms with E-state index in [1.165, 1.54) is 6.07 Å². The van der Waals surface area contributed by atoms with Crippen LogP contribution in [-0.2, 0) is 21.4 Å². The van der Waals surface area contributed by atoms with Crippen molar-refractivity contribution in [1.29, 1.82) is 0 Å². The van der Waals surface area contributed by atoms with Gasteiger partial charge in [0, 0.05) is 39.6 Å².